The summed E-state index contributed by atoms with van der Waals surface area (Å²) in [6.07, 6.45) is 0. The Morgan fingerprint density at radius 2 is 1.78 bits per heavy atom. The number of hydrogen-bond donors (Lipinski definition) is 2. The van der Waals surface area contributed by atoms with Crippen LogP contribution in [-0.4, -0.2) is 0 Å². The molecular weight excluding hydrogens is 269 g/mol. The van der Waals surface area contributed by atoms with Crippen molar-refractivity contribution in [1.82, 2.24) is 0 Å². The van der Waals surface area contributed by atoms with Crippen molar-refractivity contribution in [1.29, 1.82) is 5.26 Å². The van der Waals surface area contributed by atoms with Crippen molar-refractivity contribution in [2.45, 2.75) is 0 Å². The first-order valence-corrected chi connectivity index (χ1v) is 5.88. The van der Waals surface area contributed by atoms with Crippen molar-refractivity contribution < 1.29 is 0 Å². The first-order valence-electron chi connectivity index (χ1n) is 5.12. The van der Waals surface area contributed by atoms with Gasteiger partial charge in [0.05, 0.1) is 21.3 Å². The van der Waals surface area contributed by atoms with Crippen LogP contribution in [0.2, 0.25) is 10.0 Å². The predicted octanol–water partition coefficient (Wildman–Crippen LogP) is 4.19. The lowest BCUT2D eigenvalue weighted by atomic mass is 10.1. The van der Waals surface area contributed by atoms with Crippen LogP contribution < -0.4 is 11.1 Å². The first-order chi connectivity index (χ1) is 8.61. The van der Waals surface area contributed by atoms with Gasteiger partial charge in [0.15, 0.2) is 0 Å². The summed E-state index contributed by atoms with van der Waals surface area (Å²) in [5, 5.41) is 13.0. The Morgan fingerprint density at radius 3 is 2.39 bits per heavy atom. The van der Waals surface area contributed by atoms with Gasteiger partial charge in [0.25, 0.3) is 0 Å². The zero-order chi connectivity index (χ0) is 13.1. The van der Waals surface area contributed by atoms with Gasteiger partial charge in [0.1, 0.15) is 6.07 Å². The Hall–Kier alpha value is -1.89. The van der Waals surface area contributed by atoms with Gasteiger partial charge < -0.3 is 11.1 Å². The molecular formula is C13H9Cl2N3. The number of nitrogen functional groups attached to an aromatic ring is 1. The largest absolute Gasteiger partial charge is 0.398 e. The minimum atomic E-state index is 0.406. The highest BCUT2D eigenvalue weighted by atomic mass is 35.5. The minimum absolute atomic E-state index is 0.406. The fraction of sp³-hybridized carbons (Fsp3) is 0. The molecule has 0 saturated carbocycles. The summed E-state index contributed by atoms with van der Waals surface area (Å²) < 4.78 is 0. The Labute approximate surface area is 115 Å². The Kier molecular flexibility index (Phi) is 3.61. The number of nitrogens with zero attached hydrogens (tertiary/aromatic N) is 1. The molecule has 2 rings (SSSR count). The lowest BCUT2D eigenvalue weighted by Crippen LogP contribution is -1.95. The van der Waals surface area contributed by atoms with E-state index in [0.717, 1.165) is 0 Å². The fourth-order valence-electron chi connectivity index (χ4n) is 1.49. The molecule has 0 aromatic heterocycles. The Bertz CT molecular complexity index is 612. The molecule has 3 N–H and O–H groups in total. The number of halogens is 2. The van der Waals surface area contributed by atoms with Crippen LogP contribution >= 0.6 is 23.2 Å². The van der Waals surface area contributed by atoms with Gasteiger partial charge in [0.2, 0.25) is 0 Å². The van der Waals surface area contributed by atoms with E-state index >= 15 is 0 Å². The smallest absolute Gasteiger partial charge is 0.101 e. The van der Waals surface area contributed by atoms with Crippen LogP contribution in [0.5, 0.6) is 0 Å². The van der Waals surface area contributed by atoms with E-state index in [-0.39, 0.29) is 0 Å². The van der Waals surface area contributed by atoms with Gasteiger partial charge in [-0.1, -0.05) is 29.3 Å². The van der Waals surface area contributed by atoms with Crippen molar-refractivity contribution in [2.75, 3.05) is 11.1 Å². The topological polar surface area (TPSA) is 61.8 Å². The molecule has 0 radical (unpaired) electrons. The van der Waals surface area contributed by atoms with Crippen LogP contribution in [0.4, 0.5) is 17.1 Å². The lowest BCUT2D eigenvalue weighted by molar-refractivity contribution is 1.47. The summed E-state index contributed by atoms with van der Waals surface area (Å²) in [5.74, 6) is 0. The van der Waals surface area contributed by atoms with E-state index in [1.54, 1.807) is 36.4 Å². The van der Waals surface area contributed by atoms with Gasteiger partial charge in [-0.2, -0.15) is 5.26 Å². The van der Waals surface area contributed by atoms with Crippen molar-refractivity contribution in [3.8, 4) is 6.07 Å². The van der Waals surface area contributed by atoms with Gasteiger partial charge >= 0.3 is 0 Å². The fourth-order valence-corrected chi connectivity index (χ4v) is 1.98. The van der Waals surface area contributed by atoms with Crippen molar-refractivity contribution >= 4 is 40.3 Å². The third-order valence-electron chi connectivity index (χ3n) is 2.41. The van der Waals surface area contributed by atoms with E-state index in [2.05, 4.69) is 5.32 Å². The summed E-state index contributed by atoms with van der Waals surface area (Å²) in [6, 6.07) is 12.3. The third kappa shape index (κ3) is 2.51. The number of benzene rings is 2. The second-order valence-corrected chi connectivity index (χ2v) is 4.45. The summed E-state index contributed by atoms with van der Waals surface area (Å²) in [7, 11) is 0. The number of rotatable bonds is 2. The molecule has 5 heteroatoms. The Morgan fingerprint density at radius 1 is 1.11 bits per heavy atom. The predicted molar refractivity (Wildman–Crippen MR) is 75.3 cm³/mol. The second kappa shape index (κ2) is 5.18. The maximum absolute atomic E-state index is 8.91. The summed E-state index contributed by atoms with van der Waals surface area (Å²) in [4.78, 5) is 0. The third-order valence-corrected chi connectivity index (χ3v) is 3.04. The average Bonchev–Trinajstić information content (AvgIpc) is 2.36. The molecule has 0 aliphatic heterocycles. The minimum Gasteiger partial charge on any atom is -0.398 e. The first kappa shape index (κ1) is 12.6. The maximum Gasteiger partial charge on any atom is 0.101 e. The van der Waals surface area contributed by atoms with Gasteiger partial charge in [-0.15, -0.1) is 0 Å². The van der Waals surface area contributed by atoms with Gasteiger partial charge in [0, 0.05) is 11.4 Å². The zero-order valence-corrected chi connectivity index (χ0v) is 10.8. The molecule has 0 aliphatic carbocycles. The number of nitrogens with one attached hydrogen (secondary N) is 1. The molecule has 2 aromatic rings. The molecule has 0 atom stereocenters. The molecule has 0 aliphatic rings. The standard InChI is InChI=1S/C13H9Cl2N3/c14-10-2-1-3-11(15)13(10)18-9-4-5-12(17)8(6-9)7-16/h1-6,18H,17H2. The molecule has 0 unspecified atom stereocenters. The van der Waals surface area contributed by atoms with Gasteiger partial charge in [-0.05, 0) is 30.3 Å². The summed E-state index contributed by atoms with van der Waals surface area (Å²) in [6.45, 7) is 0. The van der Waals surface area contributed by atoms with Gasteiger partial charge in [-0.25, -0.2) is 0 Å². The number of para-hydroxylation sites is 1. The van der Waals surface area contributed by atoms with Crippen LogP contribution in [0.1, 0.15) is 5.56 Å². The Balaban J connectivity index is 2.38. The molecule has 0 heterocycles. The normalized spacial score (nSPS) is 9.83. The quantitative estimate of drug-likeness (QED) is 0.809. The second-order valence-electron chi connectivity index (χ2n) is 3.64. The molecule has 0 saturated heterocycles. The number of nitriles is 1. The number of anilines is 3. The monoisotopic (exact) mass is 277 g/mol. The maximum atomic E-state index is 8.91. The van der Waals surface area contributed by atoms with Crippen molar-refractivity contribution in [3.63, 3.8) is 0 Å². The van der Waals surface area contributed by atoms with E-state index in [0.29, 0.717) is 32.7 Å². The van der Waals surface area contributed by atoms with E-state index in [1.807, 2.05) is 6.07 Å². The van der Waals surface area contributed by atoms with E-state index in [1.165, 1.54) is 0 Å². The highest BCUT2D eigenvalue weighted by Crippen LogP contribution is 2.33. The van der Waals surface area contributed by atoms with Gasteiger partial charge in [-0.3, -0.25) is 0 Å². The van der Waals surface area contributed by atoms with Crippen molar-refractivity contribution in [3.05, 3.63) is 52.0 Å². The van der Waals surface area contributed by atoms with Crippen LogP contribution in [0.3, 0.4) is 0 Å². The number of hydrogen-bond acceptors (Lipinski definition) is 3. The van der Waals surface area contributed by atoms with E-state index < -0.39 is 0 Å². The van der Waals surface area contributed by atoms with Crippen molar-refractivity contribution in [2.24, 2.45) is 0 Å². The highest BCUT2D eigenvalue weighted by Gasteiger charge is 2.06. The molecule has 0 bridgehead atoms. The molecule has 0 fully saturated rings. The molecule has 0 amide bonds. The molecule has 90 valence electrons. The molecule has 3 nitrogen and oxygen atoms in total. The SMILES string of the molecule is N#Cc1cc(Nc2c(Cl)cccc2Cl)ccc1N. The molecule has 18 heavy (non-hydrogen) atoms. The zero-order valence-electron chi connectivity index (χ0n) is 9.24. The summed E-state index contributed by atoms with van der Waals surface area (Å²) in [5.41, 5.74) is 7.81. The van der Waals surface area contributed by atoms with Crippen LogP contribution in [0.25, 0.3) is 0 Å². The average molecular weight is 278 g/mol. The van der Waals surface area contributed by atoms with Crippen LogP contribution in [-0.2, 0) is 0 Å². The molecule has 2 aromatic carbocycles. The summed E-state index contributed by atoms with van der Waals surface area (Å²) >= 11 is 12.1. The number of nitrogens with two attached hydrogens (primary N) is 1. The van der Waals surface area contributed by atoms with Crippen LogP contribution in [0, 0.1) is 11.3 Å². The highest BCUT2D eigenvalue weighted by molar-refractivity contribution is 6.39. The van der Waals surface area contributed by atoms with E-state index in [4.69, 9.17) is 34.2 Å². The molecule has 0 spiro atoms. The lowest BCUT2D eigenvalue weighted by Gasteiger charge is -2.11. The van der Waals surface area contributed by atoms with E-state index in [9.17, 15) is 0 Å². The van der Waals surface area contributed by atoms with Crippen LogP contribution in [0.15, 0.2) is 36.4 Å².